The maximum atomic E-state index is 12.9. The van der Waals surface area contributed by atoms with Crippen LogP contribution in [0.25, 0.3) is 0 Å². The molecule has 1 fully saturated rings. The number of hydrogen-bond acceptors (Lipinski definition) is 5. The summed E-state index contributed by atoms with van der Waals surface area (Å²) in [5.74, 6) is 0.707. The van der Waals surface area contributed by atoms with Gasteiger partial charge in [0.2, 0.25) is 0 Å². The number of ether oxygens (including phenoxy) is 1. The topological polar surface area (TPSA) is 58.6 Å². The zero-order valence-electron chi connectivity index (χ0n) is 13.7. The lowest BCUT2D eigenvalue weighted by Gasteiger charge is -2.27. The zero-order valence-corrected chi connectivity index (χ0v) is 13.7. The number of aromatic nitrogens is 2. The van der Waals surface area contributed by atoms with Crippen LogP contribution in [0.4, 0.5) is 11.5 Å². The van der Waals surface area contributed by atoms with Crippen molar-refractivity contribution in [3.8, 4) is 0 Å². The second kappa shape index (κ2) is 6.20. The molecular formula is C18H20N4O2. The van der Waals surface area contributed by atoms with E-state index in [1.54, 1.807) is 12.4 Å². The highest BCUT2D eigenvalue weighted by molar-refractivity contribution is 6.06. The molecule has 2 aliphatic rings. The van der Waals surface area contributed by atoms with Crippen LogP contribution in [0.15, 0.2) is 36.7 Å². The molecular weight excluding hydrogens is 304 g/mol. The molecule has 0 spiro atoms. The Balaban J connectivity index is 1.56. The summed E-state index contributed by atoms with van der Waals surface area (Å²) < 4.78 is 5.35. The fourth-order valence-electron chi connectivity index (χ4n) is 3.39. The minimum Gasteiger partial charge on any atom is -0.378 e. The number of benzene rings is 1. The summed E-state index contributed by atoms with van der Waals surface area (Å²) in [5, 5.41) is 0. The van der Waals surface area contributed by atoms with Crippen molar-refractivity contribution < 1.29 is 9.53 Å². The molecule has 1 atom stereocenters. The third kappa shape index (κ3) is 2.63. The van der Waals surface area contributed by atoms with Gasteiger partial charge in [-0.25, -0.2) is 9.97 Å². The van der Waals surface area contributed by atoms with Gasteiger partial charge in [0.1, 0.15) is 11.5 Å². The van der Waals surface area contributed by atoms with E-state index in [9.17, 15) is 4.79 Å². The normalized spacial score (nSPS) is 20.1. The molecule has 6 heteroatoms. The third-order valence-corrected chi connectivity index (χ3v) is 4.62. The standard InChI is InChI=1S/C18H20N4O2/c1-13-10-14-4-2-3-5-16(14)22(13)18(23)15-11-20-17(12-19-15)21-6-8-24-9-7-21/h2-5,11-13H,6-10H2,1H3. The molecule has 0 radical (unpaired) electrons. The molecule has 3 heterocycles. The van der Waals surface area contributed by atoms with Crippen molar-refractivity contribution in [1.82, 2.24) is 9.97 Å². The molecule has 24 heavy (non-hydrogen) atoms. The zero-order chi connectivity index (χ0) is 16.5. The number of para-hydroxylation sites is 1. The Morgan fingerprint density at radius 2 is 1.96 bits per heavy atom. The van der Waals surface area contributed by atoms with Gasteiger partial charge in [-0.2, -0.15) is 0 Å². The van der Waals surface area contributed by atoms with E-state index >= 15 is 0 Å². The van der Waals surface area contributed by atoms with Crippen molar-refractivity contribution in [3.05, 3.63) is 47.9 Å². The highest BCUT2D eigenvalue weighted by Crippen LogP contribution is 2.32. The molecule has 1 amide bonds. The summed E-state index contributed by atoms with van der Waals surface area (Å²) in [4.78, 5) is 25.7. The highest BCUT2D eigenvalue weighted by Gasteiger charge is 2.32. The number of morpholine rings is 1. The van der Waals surface area contributed by atoms with Crippen molar-refractivity contribution in [1.29, 1.82) is 0 Å². The lowest BCUT2D eigenvalue weighted by Crippen LogP contribution is -2.38. The van der Waals surface area contributed by atoms with E-state index in [0.29, 0.717) is 18.9 Å². The van der Waals surface area contributed by atoms with Gasteiger partial charge in [-0.05, 0) is 25.0 Å². The number of fused-ring (bicyclic) bond motifs is 1. The average molecular weight is 324 g/mol. The van der Waals surface area contributed by atoms with Crippen LogP contribution in [0.1, 0.15) is 23.0 Å². The molecule has 0 saturated carbocycles. The Bertz CT molecular complexity index is 741. The SMILES string of the molecule is CC1Cc2ccccc2N1C(=O)c1cnc(N2CCOCC2)cn1. The quantitative estimate of drug-likeness (QED) is 0.844. The molecule has 1 aromatic heterocycles. The number of nitrogens with zero attached hydrogens (tertiary/aromatic N) is 4. The van der Waals surface area contributed by atoms with Gasteiger partial charge < -0.3 is 14.5 Å². The Labute approximate surface area is 141 Å². The summed E-state index contributed by atoms with van der Waals surface area (Å²) >= 11 is 0. The number of amides is 1. The van der Waals surface area contributed by atoms with Gasteiger partial charge in [-0.15, -0.1) is 0 Å². The van der Waals surface area contributed by atoms with Crippen molar-refractivity contribution in [2.24, 2.45) is 0 Å². The van der Waals surface area contributed by atoms with Crippen molar-refractivity contribution >= 4 is 17.4 Å². The van der Waals surface area contributed by atoms with Crippen LogP contribution >= 0.6 is 0 Å². The summed E-state index contributed by atoms with van der Waals surface area (Å²) in [7, 11) is 0. The predicted molar refractivity (Wildman–Crippen MR) is 91.5 cm³/mol. The van der Waals surface area contributed by atoms with Crippen LogP contribution in [-0.4, -0.2) is 48.2 Å². The Morgan fingerprint density at radius 1 is 1.17 bits per heavy atom. The second-order valence-corrected chi connectivity index (χ2v) is 6.22. The number of anilines is 2. The third-order valence-electron chi connectivity index (χ3n) is 4.62. The van der Waals surface area contributed by atoms with Crippen molar-refractivity contribution in [2.75, 3.05) is 36.1 Å². The van der Waals surface area contributed by atoms with E-state index in [-0.39, 0.29) is 11.9 Å². The smallest absolute Gasteiger partial charge is 0.278 e. The molecule has 124 valence electrons. The Hall–Kier alpha value is -2.47. The average Bonchev–Trinajstić information content (AvgIpc) is 2.98. The van der Waals surface area contributed by atoms with E-state index in [1.165, 1.54) is 5.56 Å². The summed E-state index contributed by atoms with van der Waals surface area (Å²) in [5.41, 5.74) is 2.57. The molecule has 2 aromatic rings. The molecule has 0 bridgehead atoms. The van der Waals surface area contributed by atoms with E-state index in [0.717, 1.165) is 31.0 Å². The first-order valence-electron chi connectivity index (χ1n) is 8.30. The van der Waals surface area contributed by atoms with Crippen LogP contribution in [0.3, 0.4) is 0 Å². The molecule has 4 rings (SSSR count). The lowest BCUT2D eigenvalue weighted by molar-refractivity contribution is 0.0976. The number of carbonyl (C=O) groups excluding carboxylic acids is 1. The van der Waals surface area contributed by atoms with Crippen LogP contribution < -0.4 is 9.80 Å². The van der Waals surface area contributed by atoms with Crippen LogP contribution in [-0.2, 0) is 11.2 Å². The maximum Gasteiger partial charge on any atom is 0.278 e. The van der Waals surface area contributed by atoms with Gasteiger partial charge in [-0.1, -0.05) is 18.2 Å². The van der Waals surface area contributed by atoms with Gasteiger partial charge in [-0.3, -0.25) is 4.79 Å². The van der Waals surface area contributed by atoms with Gasteiger partial charge in [0.05, 0.1) is 25.6 Å². The van der Waals surface area contributed by atoms with Gasteiger partial charge in [0.25, 0.3) is 5.91 Å². The van der Waals surface area contributed by atoms with E-state index < -0.39 is 0 Å². The number of rotatable bonds is 2. The summed E-state index contributed by atoms with van der Waals surface area (Å²) in [6, 6.07) is 8.18. The predicted octanol–water partition coefficient (Wildman–Crippen LogP) is 1.90. The Morgan fingerprint density at radius 3 is 2.71 bits per heavy atom. The first-order valence-corrected chi connectivity index (χ1v) is 8.30. The minimum absolute atomic E-state index is 0.0894. The van der Waals surface area contributed by atoms with E-state index in [1.807, 2.05) is 23.1 Å². The fraction of sp³-hybridized carbons (Fsp3) is 0.389. The van der Waals surface area contributed by atoms with Crippen LogP contribution in [0, 0.1) is 0 Å². The Kier molecular flexibility index (Phi) is 3.90. The van der Waals surface area contributed by atoms with Gasteiger partial charge in [0.15, 0.2) is 0 Å². The molecule has 0 aliphatic carbocycles. The molecule has 1 unspecified atom stereocenters. The van der Waals surface area contributed by atoms with Crippen molar-refractivity contribution in [3.63, 3.8) is 0 Å². The van der Waals surface area contributed by atoms with Crippen LogP contribution in [0.5, 0.6) is 0 Å². The minimum atomic E-state index is -0.0894. The van der Waals surface area contributed by atoms with Gasteiger partial charge in [0, 0.05) is 24.8 Å². The first-order chi connectivity index (χ1) is 11.7. The molecule has 1 aromatic carbocycles. The molecule has 0 N–H and O–H groups in total. The molecule has 6 nitrogen and oxygen atoms in total. The van der Waals surface area contributed by atoms with E-state index in [2.05, 4.69) is 27.9 Å². The van der Waals surface area contributed by atoms with Crippen LogP contribution in [0.2, 0.25) is 0 Å². The van der Waals surface area contributed by atoms with Gasteiger partial charge >= 0.3 is 0 Å². The first kappa shape index (κ1) is 15.1. The highest BCUT2D eigenvalue weighted by atomic mass is 16.5. The summed E-state index contributed by atoms with van der Waals surface area (Å²) in [6.07, 6.45) is 4.15. The summed E-state index contributed by atoms with van der Waals surface area (Å²) in [6.45, 7) is 5.07. The largest absolute Gasteiger partial charge is 0.378 e. The molecule has 2 aliphatic heterocycles. The monoisotopic (exact) mass is 324 g/mol. The van der Waals surface area contributed by atoms with E-state index in [4.69, 9.17) is 4.74 Å². The second-order valence-electron chi connectivity index (χ2n) is 6.22. The maximum absolute atomic E-state index is 12.9. The fourth-order valence-corrected chi connectivity index (χ4v) is 3.39. The lowest BCUT2D eigenvalue weighted by atomic mass is 10.1. The number of carbonyl (C=O) groups is 1. The van der Waals surface area contributed by atoms with Crippen molar-refractivity contribution in [2.45, 2.75) is 19.4 Å². The number of hydrogen-bond donors (Lipinski definition) is 0. The molecule has 1 saturated heterocycles.